The molecule has 1 heterocycles. The maximum Gasteiger partial charge on any atom is 0.340 e. The number of esters is 1. The maximum absolute atomic E-state index is 13.2. The Morgan fingerprint density at radius 1 is 1.21 bits per heavy atom. The molecule has 1 aromatic carbocycles. The molecule has 0 aliphatic heterocycles. The van der Waals surface area contributed by atoms with Crippen molar-refractivity contribution in [3.8, 4) is 11.8 Å². The molecule has 1 aromatic heterocycles. The van der Waals surface area contributed by atoms with Crippen molar-refractivity contribution in [2.75, 3.05) is 13.2 Å². The molecule has 0 saturated heterocycles. The Morgan fingerprint density at radius 3 is 2.52 bits per heavy atom. The molecule has 152 valence electrons. The SMILES string of the molecule is CCCOc1ccc(Br)cc1/C=C(/C#N)C(=O)c1c(C)[nH]c(C)c1C(=O)OCC. The smallest absolute Gasteiger partial charge is 0.340 e. The van der Waals surface area contributed by atoms with Crippen molar-refractivity contribution in [3.05, 3.63) is 56.3 Å². The lowest BCUT2D eigenvalue weighted by Gasteiger charge is -2.10. The molecule has 0 bridgehead atoms. The summed E-state index contributed by atoms with van der Waals surface area (Å²) in [5.74, 6) is -0.563. The first-order valence-electron chi connectivity index (χ1n) is 9.29. The minimum absolute atomic E-state index is 0.0999. The minimum Gasteiger partial charge on any atom is -0.493 e. The lowest BCUT2D eigenvalue weighted by atomic mass is 9.97. The molecule has 0 atom stereocenters. The number of hydrogen-bond acceptors (Lipinski definition) is 5. The van der Waals surface area contributed by atoms with Crippen molar-refractivity contribution < 1.29 is 19.1 Å². The third-order valence-corrected chi connectivity index (χ3v) is 4.67. The Balaban J connectivity index is 2.55. The summed E-state index contributed by atoms with van der Waals surface area (Å²) in [6.45, 7) is 7.77. The second-order valence-corrected chi connectivity index (χ2v) is 7.29. The number of aryl methyl sites for hydroxylation is 2. The Bertz CT molecular complexity index is 999. The van der Waals surface area contributed by atoms with E-state index in [9.17, 15) is 14.9 Å². The molecule has 0 aliphatic carbocycles. The number of Topliss-reactive ketones (excluding diaryl/α,β-unsaturated/α-hetero) is 1. The Kier molecular flexibility index (Phi) is 7.80. The van der Waals surface area contributed by atoms with Gasteiger partial charge in [-0.25, -0.2) is 4.79 Å². The minimum atomic E-state index is -0.593. The number of nitrogens with one attached hydrogen (secondary N) is 1. The molecule has 0 aliphatic rings. The molecule has 0 spiro atoms. The number of nitriles is 1. The fourth-order valence-corrected chi connectivity index (χ4v) is 3.32. The third kappa shape index (κ3) is 5.15. The fourth-order valence-electron chi connectivity index (χ4n) is 2.94. The van der Waals surface area contributed by atoms with Crippen LogP contribution in [-0.4, -0.2) is 30.0 Å². The number of carbonyl (C=O) groups is 2. The lowest BCUT2D eigenvalue weighted by Crippen LogP contribution is -2.13. The highest BCUT2D eigenvalue weighted by Gasteiger charge is 2.27. The van der Waals surface area contributed by atoms with Crippen LogP contribution in [0.2, 0.25) is 0 Å². The number of H-pyrrole nitrogens is 1. The molecule has 0 saturated carbocycles. The van der Waals surface area contributed by atoms with Gasteiger partial charge in [0.25, 0.3) is 0 Å². The van der Waals surface area contributed by atoms with Crippen molar-refractivity contribution in [1.82, 2.24) is 4.98 Å². The molecule has 1 N–H and O–H groups in total. The van der Waals surface area contributed by atoms with Gasteiger partial charge in [-0.05, 0) is 51.5 Å². The number of halogens is 1. The average Bonchev–Trinajstić information content (AvgIpc) is 2.98. The quantitative estimate of drug-likeness (QED) is 0.255. The molecule has 0 amide bonds. The number of ether oxygens (including phenoxy) is 2. The van der Waals surface area contributed by atoms with Gasteiger partial charge in [0.1, 0.15) is 17.4 Å². The molecule has 0 unspecified atom stereocenters. The number of ketones is 1. The Morgan fingerprint density at radius 2 is 1.90 bits per heavy atom. The zero-order valence-electron chi connectivity index (χ0n) is 16.9. The molecular weight excluding hydrogens is 436 g/mol. The van der Waals surface area contributed by atoms with Gasteiger partial charge in [0.05, 0.1) is 24.3 Å². The number of benzene rings is 1. The second kappa shape index (κ2) is 10.1. The van der Waals surface area contributed by atoms with Crippen LogP contribution in [0.25, 0.3) is 6.08 Å². The summed E-state index contributed by atoms with van der Waals surface area (Å²) in [4.78, 5) is 28.5. The van der Waals surface area contributed by atoms with Gasteiger partial charge in [-0.3, -0.25) is 4.79 Å². The van der Waals surface area contributed by atoms with Gasteiger partial charge in [-0.2, -0.15) is 5.26 Å². The summed E-state index contributed by atoms with van der Waals surface area (Å²) in [5, 5.41) is 9.67. The van der Waals surface area contributed by atoms with E-state index in [-0.39, 0.29) is 23.3 Å². The molecule has 0 fully saturated rings. The van der Waals surface area contributed by atoms with Gasteiger partial charge in [0.2, 0.25) is 5.78 Å². The number of aromatic amines is 1. The van der Waals surface area contributed by atoms with Gasteiger partial charge in [0.15, 0.2) is 0 Å². The molecule has 6 nitrogen and oxygen atoms in total. The van der Waals surface area contributed by atoms with Crippen LogP contribution < -0.4 is 4.74 Å². The van der Waals surface area contributed by atoms with Gasteiger partial charge < -0.3 is 14.5 Å². The fraction of sp³-hybridized carbons (Fsp3) is 0.318. The number of rotatable bonds is 8. The van der Waals surface area contributed by atoms with Crippen LogP contribution in [0.4, 0.5) is 0 Å². The van der Waals surface area contributed by atoms with E-state index < -0.39 is 11.8 Å². The molecule has 2 aromatic rings. The largest absolute Gasteiger partial charge is 0.493 e. The van der Waals surface area contributed by atoms with E-state index in [1.165, 1.54) is 6.08 Å². The standard InChI is InChI=1S/C22H23BrN2O4/c1-5-9-29-18-8-7-17(23)11-15(18)10-16(12-24)21(26)19-13(3)25-14(4)20(19)22(27)28-6-2/h7-8,10-11,25H,5-6,9H2,1-4H3/b16-10-. The van der Waals surface area contributed by atoms with Crippen LogP contribution >= 0.6 is 15.9 Å². The maximum atomic E-state index is 13.2. The third-order valence-electron chi connectivity index (χ3n) is 4.18. The number of aromatic nitrogens is 1. The monoisotopic (exact) mass is 458 g/mol. The normalized spacial score (nSPS) is 11.1. The molecule has 29 heavy (non-hydrogen) atoms. The van der Waals surface area contributed by atoms with Gasteiger partial charge in [0, 0.05) is 21.4 Å². The van der Waals surface area contributed by atoms with E-state index in [4.69, 9.17) is 9.47 Å². The predicted octanol–water partition coefficient (Wildman–Crippen LogP) is 5.15. The second-order valence-electron chi connectivity index (χ2n) is 6.38. The summed E-state index contributed by atoms with van der Waals surface area (Å²) < 4.78 is 11.6. The summed E-state index contributed by atoms with van der Waals surface area (Å²) >= 11 is 3.40. The van der Waals surface area contributed by atoms with Crippen molar-refractivity contribution in [3.63, 3.8) is 0 Å². The lowest BCUT2D eigenvalue weighted by molar-refractivity contribution is 0.0523. The van der Waals surface area contributed by atoms with Gasteiger partial charge >= 0.3 is 5.97 Å². The first kappa shape index (κ1) is 22.4. The van der Waals surface area contributed by atoms with E-state index >= 15 is 0 Å². The summed E-state index contributed by atoms with van der Waals surface area (Å²) in [6, 6.07) is 7.34. The number of hydrogen-bond donors (Lipinski definition) is 1. The van der Waals surface area contributed by atoms with Crippen molar-refractivity contribution in [2.45, 2.75) is 34.1 Å². The van der Waals surface area contributed by atoms with E-state index in [1.54, 1.807) is 32.9 Å². The molecule has 2 rings (SSSR count). The van der Waals surface area contributed by atoms with E-state index in [2.05, 4.69) is 20.9 Å². The molecule has 7 heteroatoms. The van der Waals surface area contributed by atoms with Crippen molar-refractivity contribution >= 4 is 33.8 Å². The topological polar surface area (TPSA) is 92.2 Å². The Hall–Kier alpha value is -2.85. The average molecular weight is 459 g/mol. The van der Waals surface area contributed by atoms with Crippen LogP contribution in [-0.2, 0) is 4.74 Å². The first-order valence-corrected chi connectivity index (χ1v) is 10.1. The highest BCUT2D eigenvalue weighted by Crippen LogP contribution is 2.28. The van der Waals surface area contributed by atoms with Gasteiger partial charge in [-0.1, -0.05) is 22.9 Å². The van der Waals surface area contributed by atoms with Crippen LogP contribution in [0.1, 0.15) is 57.9 Å². The van der Waals surface area contributed by atoms with E-state index in [0.29, 0.717) is 29.3 Å². The summed E-state index contributed by atoms with van der Waals surface area (Å²) in [7, 11) is 0. The zero-order chi connectivity index (χ0) is 21.6. The van der Waals surface area contributed by atoms with E-state index in [0.717, 1.165) is 10.9 Å². The molecular formula is C22H23BrN2O4. The van der Waals surface area contributed by atoms with Crippen LogP contribution in [0.5, 0.6) is 5.75 Å². The number of allylic oxidation sites excluding steroid dienone is 1. The zero-order valence-corrected chi connectivity index (χ0v) is 18.5. The van der Waals surface area contributed by atoms with Gasteiger partial charge in [-0.15, -0.1) is 0 Å². The van der Waals surface area contributed by atoms with Crippen molar-refractivity contribution in [2.24, 2.45) is 0 Å². The predicted molar refractivity (Wildman–Crippen MR) is 114 cm³/mol. The summed E-state index contributed by atoms with van der Waals surface area (Å²) in [6.07, 6.45) is 2.31. The van der Waals surface area contributed by atoms with Crippen LogP contribution in [0.15, 0.2) is 28.2 Å². The van der Waals surface area contributed by atoms with Crippen LogP contribution in [0, 0.1) is 25.2 Å². The first-order chi connectivity index (χ1) is 13.8. The Labute approximate surface area is 178 Å². The van der Waals surface area contributed by atoms with E-state index in [1.807, 2.05) is 19.1 Å². The number of nitrogens with zero attached hydrogens (tertiary/aromatic N) is 1. The molecule has 0 radical (unpaired) electrons. The highest BCUT2D eigenvalue weighted by molar-refractivity contribution is 9.10. The van der Waals surface area contributed by atoms with Crippen LogP contribution in [0.3, 0.4) is 0 Å². The summed E-state index contributed by atoms with van der Waals surface area (Å²) in [5.41, 5.74) is 1.84. The van der Waals surface area contributed by atoms with Crippen molar-refractivity contribution in [1.29, 1.82) is 5.26 Å². The highest BCUT2D eigenvalue weighted by atomic mass is 79.9. The number of carbonyl (C=O) groups excluding carboxylic acids is 2.